The zero-order chi connectivity index (χ0) is 22.8. The molecule has 2 unspecified atom stereocenters. The summed E-state index contributed by atoms with van der Waals surface area (Å²) in [5.41, 5.74) is -0.629. The van der Waals surface area contributed by atoms with Crippen molar-refractivity contribution in [1.82, 2.24) is 0 Å². The first-order valence-electron chi connectivity index (χ1n) is 9.67. The van der Waals surface area contributed by atoms with Gasteiger partial charge in [0.2, 0.25) is 0 Å². The Labute approximate surface area is 184 Å². The molecule has 2 heterocycles. The van der Waals surface area contributed by atoms with E-state index in [0.717, 1.165) is 0 Å². The molecule has 2 aromatic rings. The van der Waals surface area contributed by atoms with E-state index < -0.39 is 35.4 Å². The molecule has 0 N–H and O–H groups in total. The Morgan fingerprint density at radius 2 is 1.87 bits per heavy atom. The van der Waals surface area contributed by atoms with Gasteiger partial charge in [-0.1, -0.05) is 6.08 Å². The number of ether oxygens (including phenoxy) is 3. The van der Waals surface area contributed by atoms with Crippen molar-refractivity contribution in [2.45, 2.75) is 45.5 Å². The molecular formula is C23H24O7S. The second kappa shape index (κ2) is 9.01. The third kappa shape index (κ3) is 4.69. The maximum atomic E-state index is 12.6. The number of fused-ring (bicyclic) bond motifs is 3. The second-order valence-corrected chi connectivity index (χ2v) is 8.29. The number of rotatable bonds is 5. The minimum atomic E-state index is -1.05. The number of thioether (sulfide) groups is 1. The molecule has 2 atom stereocenters. The molecule has 0 amide bonds. The van der Waals surface area contributed by atoms with Crippen molar-refractivity contribution in [2.24, 2.45) is 0 Å². The molecule has 1 aliphatic heterocycles. The van der Waals surface area contributed by atoms with Crippen LogP contribution in [0.25, 0.3) is 11.0 Å². The monoisotopic (exact) mass is 444 g/mol. The summed E-state index contributed by atoms with van der Waals surface area (Å²) in [7, 11) is 0. The summed E-state index contributed by atoms with van der Waals surface area (Å²) in [4.78, 5) is 37.0. The first kappa shape index (κ1) is 22.7. The van der Waals surface area contributed by atoms with Gasteiger partial charge >= 0.3 is 17.6 Å². The minimum Gasteiger partial charge on any atom is -0.483 e. The van der Waals surface area contributed by atoms with E-state index in [9.17, 15) is 14.4 Å². The largest absolute Gasteiger partial charge is 0.483 e. The Hall–Kier alpha value is -3.00. The summed E-state index contributed by atoms with van der Waals surface area (Å²) < 4.78 is 23.1. The maximum absolute atomic E-state index is 12.6. The smallest absolute Gasteiger partial charge is 0.336 e. The van der Waals surface area contributed by atoms with Crippen LogP contribution >= 0.6 is 11.8 Å². The summed E-state index contributed by atoms with van der Waals surface area (Å²) in [5.74, 6) is -0.800. The molecule has 0 fully saturated rings. The van der Waals surface area contributed by atoms with Crippen LogP contribution in [0.2, 0.25) is 0 Å². The average molecular weight is 445 g/mol. The molecule has 0 saturated heterocycles. The standard InChI is InChI=1S/C23H24O7S/c1-6-13(2)22(26)29-21-20(28-17(25)11-12-31-5)18-15(30-23(21,3)4)9-7-14-8-10-16(24)27-19(14)18/h6-12,20-21H,1-5H3/b12-11-,13-6+. The van der Waals surface area contributed by atoms with Crippen LogP contribution in [-0.4, -0.2) is 29.9 Å². The number of carbonyl (C=O) groups is 2. The molecule has 8 heteroatoms. The summed E-state index contributed by atoms with van der Waals surface area (Å²) in [6.07, 6.45) is 2.67. The van der Waals surface area contributed by atoms with Crippen molar-refractivity contribution in [2.75, 3.05) is 6.26 Å². The summed E-state index contributed by atoms with van der Waals surface area (Å²) in [6.45, 7) is 6.83. The van der Waals surface area contributed by atoms with E-state index in [4.69, 9.17) is 18.6 Å². The van der Waals surface area contributed by atoms with E-state index in [2.05, 4.69) is 0 Å². The Bertz CT molecular complexity index is 1130. The van der Waals surface area contributed by atoms with Gasteiger partial charge in [-0.05, 0) is 57.6 Å². The van der Waals surface area contributed by atoms with Gasteiger partial charge in [-0.3, -0.25) is 0 Å². The summed E-state index contributed by atoms with van der Waals surface area (Å²) >= 11 is 1.34. The minimum absolute atomic E-state index is 0.218. The maximum Gasteiger partial charge on any atom is 0.336 e. The lowest BCUT2D eigenvalue weighted by molar-refractivity contribution is -0.185. The van der Waals surface area contributed by atoms with Gasteiger partial charge in [0.25, 0.3) is 0 Å². The van der Waals surface area contributed by atoms with Gasteiger partial charge in [0.15, 0.2) is 12.2 Å². The van der Waals surface area contributed by atoms with Gasteiger partial charge in [0, 0.05) is 23.1 Å². The SMILES string of the molecule is C/C=C(\C)C(=O)OC1C(OC(=O)/C=C\SC)c2c(ccc3ccc(=O)oc23)OC1(C)C. The van der Waals surface area contributed by atoms with Crippen molar-refractivity contribution < 1.29 is 28.2 Å². The van der Waals surface area contributed by atoms with Crippen LogP contribution in [0.5, 0.6) is 5.75 Å². The molecule has 0 aliphatic carbocycles. The normalized spacial score (nSPS) is 20.2. The van der Waals surface area contributed by atoms with Crippen LogP contribution in [-0.2, 0) is 19.1 Å². The molecule has 3 rings (SSSR count). The van der Waals surface area contributed by atoms with E-state index in [1.165, 1.54) is 23.9 Å². The molecule has 0 saturated carbocycles. The number of hydrogen-bond acceptors (Lipinski definition) is 8. The Balaban J connectivity index is 2.19. The molecule has 0 spiro atoms. The Morgan fingerprint density at radius 3 is 2.55 bits per heavy atom. The Morgan fingerprint density at radius 1 is 1.16 bits per heavy atom. The van der Waals surface area contributed by atoms with Crippen molar-refractivity contribution in [3.63, 3.8) is 0 Å². The third-order valence-electron chi connectivity index (χ3n) is 4.98. The average Bonchev–Trinajstić information content (AvgIpc) is 2.72. The predicted octanol–water partition coefficient (Wildman–Crippen LogP) is 4.30. The highest BCUT2D eigenvalue weighted by molar-refractivity contribution is 8.01. The number of allylic oxidation sites excluding steroid dienone is 1. The van der Waals surface area contributed by atoms with E-state index >= 15 is 0 Å². The van der Waals surface area contributed by atoms with Crippen molar-refractivity contribution in [3.8, 4) is 5.75 Å². The number of hydrogen-bond donors (Lipinski definition) is 0. The van der Waals surface area contributed by atoms with Crippen LogP contribution in [0, 0.1) is 0 Å². The highest BCUT2D eigenvalue weighted by atomic mass is 32.2. The molecule has 0 bridgehead atoms. The van der Waals surface area contributed by atoms with Crippen LogP contribution in [0.3, 0.4) is 0 Å². The lowest BCUT2D eigenvalue weighted by atomic mass is 9.87. The second-order valence-electron chi connectivity index (χ2n) is 7.55. The molecule has 1 aromatic carbocycles. The van der Waals surface area contributed by atoms with Gasteiger partial charge < -0.3 is 18.6 Å². The highest BCUT2D eigenvalue weighted by Gasteiger charge is 2.50. The van der Waals surface area contributed by atoms with Gasteiger partial charge in [-0.2, -0.15) is 0 Å². The molecule has 1 aromatic heterocycles. The Kier molecular flexibility index (Phi) is 6.59. The van der Waals surface area contributed by atoms with Gasteiger partial charge in [0.05, 0.1) is 5.56 Å². The zero-order valence-corrected chi connectivity index (χ0v) is 18.8. The third-order valence-corrected chi connectivity index (χ3v) is 5.39. The quantitative estimate of drug-likeness (QED) is 0.383. The topological polar surface area (TPSA) is 92.0 Å². The van der Waals surface area contributed by atoms with Gasteiger partial charge in [-0.25, -0.2) is 14.4 Å². The fraction of sp³-hybridized carbons (Fsp3) is 0.348. The molecule has 0 radical (unpaired) electrons. The highest BCUT2D eigenvalue weighted by Crippen LogP contribution is 2.46. The van der Waals surface area contributed by atoms with Crippen molar-refractivity contribution in [1.29, 1.82) is 0 Å². The van der Waals surface area contributed by atoms with Crippen molar-refractivity contribution >= 4 is 34.7 Å². The number of benzene rings is 1. The first-order chi connectivity index (χ1) is 14.7. The van der Waals surface area contributed by atoms with E-state index in [1.807, 2.05) is 6.26 Å². The summed E-state index contributed by atoms with van der Waals surface area (Å²) in [6, 6.07) is 6.37. The van der Waals surface area contributed by atoms with Crippen LogP contribution in [0.15, 0.2) is 56.6 Å². The van der Waals surface area contributed by atoms with E-state index in [0.29, 0.717) is 22.3 Å². The first-order valence-corrected chi connectivity index (χ1v) is 11.0. The lowest BCUT2D eigenvalue weighted by Crippen LogP contribution is -2.52. The zero-order valence-electron chi connectivity index (χ0n) is 18.0. The molecular weight excluding hydrogens is 420 g/mol. The number of esters is 2. The van der Waals surface area contributed by atoms with Gasteiger partial charge in [0.1, 0.15) is 16.9 Å². The van der Waals surface area contributed by atoms with E-state index in [1.54, 1.807) is 57.4 Å². The van der Waals surface area contributed by atoms with Gasteiger partial charge in [-0.15, -0.1) is 11.8 Å². The molecule has 7 nitrogen and oxygen atoms in total. The van der Waals surface area contributed by atoms with Crippen LogP contribution in [0.4, 0.5) is 0 Å². The number of carbonyl (C=O) groups excluding carboxylic acids is 2. The van der Waals surface area contributed by atoms with Crippen LogP contribution < -0.4 is 10.4 Å². The predicted molar refractivity (Wildman–Crippen MR) is 118 cm³/mol. The lowest BCUT2D eigenvalue weighted by Gasteiger charge is -2.43. The van der Waals surface area contributed by atoms with Crippen LogP contribution in [0.1, 0.15) is 39.4 Å². The summed E-state index contributed by atoms with van der Waals surface area (Å²) in [5, 5.41) is 2.21. The molecule has 31 heavy (non-hydrogen) atoms. The molecule has 1 aliphatic rings. The molecule has 164 valence electrons. The van der Waals surface area contributed by atoms with E-state index in [-0.39, 0.29) is 5.58 Å². The van der Waals surface area contributed by atoms with Crippen molar-refractivity contribution in [3.05, 3.63) is 63.4 Å². The fourth-order valence-corrected chi connectivity index (χ4v) is 3.54. The fourth-order valence-electron chi connectivity index (χ4n) is 3.29.